The van der Waals surface area contributed by atoms with Gasteiger partial charge in [-0.2, -0.15) is 0 Å². The Kier molecular flexibility index (Phi) is 4.50. The lowest BCUT2D eigenvalue weighted by atomic mass is 9.85. The minimum absolute atomic E-state index is 0.0759. The van der Waals surface area contributed by atoms with Crippen molar-refractivity contribution in [3.8, 4) is 0 Å². The van der Waals surface area contributed by atoms with Gasteiger partial charge in [-0.25, -0.2) is 0 Å². The van der Waals surface area contributed by atoms with Gasteiger partial charge in [-0.15, -0.1) is 0 Å². The molecule has 1 saturated heterocycles. The molecule has 1 saturated carbocycles. The second-order valence-corrected chi connectivity index (χ2v) is 7.71. The number of amides is 1. The second-order valence-electron chi connectivity index (χ2n) is 7.71. The van der Waals surface area contributed by atoms with Crippen LogP contribution in [0.3, 0.4) is 0 Å². The van der Waals surface area contributed by atoms with Gasteiger partial charge in [0.2, 0.25) is 5.91 Å². The van der Waals surface area contributed by atoms with Gasteiger partial charge in [-0.3, -0.25) is 14.5 Å². The molecule has 0 spiro atoms. The molecule has 2 heterocycles. The molecule has 3 atom stereocenters. The Hall–Kier alpha value is -1.88. The largest absolute Gasteiger partial charge is 0.480 e. The Labute approximate surface area is 148 Å². The second kappa shape index (κ2) is 6.79. The van der Waals surface area contributed by atoms with Crippen molar-refractivity contribution in [3.63, 3.8) is 0 Å². The van der Waals surface area contributed by atoms with Gasteiger partial charge in [0.15, 0.2) is 0 Å². The van der Waals surface area contributed by atoms with Crippen molar-refractivity contribution in [2.24, 2.45) is 5.92 Å². The molecule has 1 amide bonds. The molecule has 2 fully saturated rings. The van der Waals surface area contributed by atoms with E-state index in [2.05, 4.69) is 12.1 Å². The van der Waals surface area contributed by atoms with Crippen LogP contribution in [0.15, 0.2) is 24.3 Å². The predicted octanol–water partition coefficient (Wildman–Crippen LogP) is 2.29. The van der Waals surface area contributed by atoms with Crippen LogP contribution in [-0.2, 0) is 22.6 Å². The summed E-state index contributed by atoms with van der Waals surface area (Å²) in [4.78, 5) is 28.5. The summed E-state index contributed by atoms with van der Waals surface area (Å²) in [6, 6.07) is 8.05. The van der Waals surface area contributed by atoms with Crippen molar-refractivity contribution >= 4 is 11.9 Å². The van der Waals surface area contributed by atoms with Gasteiger partial charge in [0.25, 0.3) is 0 Å². The zero-order valence-corrected chi connectivity index (χ0v) is 14.6. The molecule has 0 bridgehead atoms. The van der Waals surface area contributed by atoms with Gasteiger partial charge < -0.3 is 10.0 Å². The summed E-state index contributed by atoms with van der Waals surface area (Å²) in [5.41, 5.74) is 2.54. The summed E-state index contributed by atoms with van der Waals surface area (Å²) in [5.74, 6) is -0.247. The van der Waals surface area contributed by atoms with Crippen molar-refractivity contribution in [3.05, 3.63) is 35.4 Å². The number of carboxylic acid groups (broad SMARTS) is 1. The van der Waals surface area contributed by atoms with Crippen molar-refractivity contribution in [2.45, 2.75) is 57.2 Å². The fourth-order valence-electron chi connectivity index (χ4n) is 4.99. The van der Waals surface area contributed by atoms with E-state index in [1.807, 2.05) is 21.9 Å². The molecule has 5 heteroatoms. The summed E-state index contributed by atoms with van der Waals surface area (Å²) in [6.07, 6.45) is 6.07. The van der Waals surface area contributed by atoms with Gasteiger partial charge >= 0.3 is 5.97 Å². The minimum Gasteiger partial charge on any atom is -0.480 e. The molecule has 1 N–H and O–H groups in total. The van der Waals surface area contributed by atoms with E-state index >= 15 is 0 Å². The summed E-state index contributed by atoms with van der Waals surface area (Å²) in [5, 5.41) is 9.62. The number of hydrogen-bond acceptors (Lipinski definition) is 3. The van der Waals surface area contributed by atoms with Gasteiger partial charge in [0.1, 0.15) is 6.04 Å². The van der Waals surface area contributed by atoms with Crippen LogP contribution in [0.5, 0.6) is 0 Å². The highest BCUT2D eigenvalue weighted by molar-refractivity contribution is 5.80. The maximum Gasteiger partial charge on any atom is 0.320 e. The molecular weight excluding hydrogens is 316 g/mol. The van der Waals surface area contributed by atoms with E-state index < -0.39 is 12.0 Å². The molecule has 0 aromatic heterocycles. The fourth-order valence-corrected chi connectivity index (χ4v) is 4.99. The van der Waals surface area contributed by atoms with E-state index in [1.54, 1.807) is 0 Å². The number of rotatable bonds is 3. The third-order valence-corrected chi connectivity index (χ3v) is 6.31. The van der Waals surface area contributed by atoms with Crippen molar-refractivity contribution in [1.82, 2.24) is 9.80 Å². The molecular formula is C20H26N2O3. The van der Waals surface area contributed by atoms with Crippen LogP contribution in [0, 0.1) is 5.92 Å². The number of carbonyl (C=O) groups is 2. The number of nitrogens with zero attached hydrogens (tertiary/aromatic N) is 2. The highest BCUT2D eigenvalue weighted by Crippen LogP contribution is 2.39. The summed E-state index contributed by atoms with van der Waals surface area (Å²) >= 11 is 0. The maximum absolute atomic E-state index is 12.9. The van der Waals surface area contributed by atoms with Crippen molar-refractivity contribution < 1.29 is 14.7 Å². The third-order valence-electron chi connectivity index (χ3n) is 6.31. The van der Waals surface area contributed by atoms with Crippen LogP contribution in [0.2, 0.25) is 0 Å². The molecule has 1 aliphatic carbocycles. The molecule has 4 rings (SSSR count). The topological polar surface area (TPSA) is 60.9 Å². The van der Waals surface area contributed by atoms with Crippen LogP contribution in [-0.4, -0.2) is 52.0 Å². The van der Waals surface area contributed by atoms with Crippen LogP contribution < -0.4 is 0 Å². The molecule has 0 radical (unpaired) electrons. The van der Waals surface area contributed by atoms with Crippen LogP contribution >= 0.6 is 0 Å². The van der Waals surface area contributed by atoms with E-state index in [0.29, 0.717) is 18.9 Å². The lowest BCUT2D eigenvalue weighted by molar-refractivity contribution is -0.144. The third kappa shape index (κ3) is 3.17. The molecule has 0 unspecified atom stereocenters. The molecule has 1 aromatic carbocycles. The monoisotopic (exact) mass is 342 g/mol. The zero-order chi connectivity index (χ0) is 17.4. The minimum atomic E-state index is -0.772. The van der Waals surface area contributed by atoms with E-state index in [1.165, 1.54) is 17.5 Å². The normalized spacial score (nSPS) is 29.1. The highest BCUT2D eigenvalue weighted by atomic mass is 16.4. The molecule has 1 aromatic rings. The van der Waals surface area contributed by atoms with E-state index in [9.17, 15) is 14.7 Å². The first kappa shape index (κ1) is 16.6. The number of benzene rings is 1. The van der Waals surface area contributed by atoms with Crippen LogP contribution in [0.1, 0.15) is 43.2 Å². The number of carbonyl (C=O) groups excluding carboxylic acids is 1. The lowest BCUT2D eigenvalue weighted by Gasteiger charge is -2.35. The average molecular weight is 342 g/mol. The summed E-state index contributed by atoms with van der Waals surface area (Å²) < 4.78 is 0. The molecule has 2 aliphatic heterocycles. The number of carboxylic acids is 1. The van der Waals surface area contributed by atoms with Crippen molar-refractivity contribution in [2.75, 3.05) is 13.1 Å². The number of aliphatic carboxylic acids is 1. The standard InChI is InChI=1S/C20H26N2O3/c23-19(21-10-9-14-5-1-2-7-16(14)12-21)13-22-17-8-4-3-6-15(17)11-18(22)20(24)25/h1-2,5,7,15,17-18H,3-4,6,8-13H2,(H,24,25)/t15-,17-,18-/m0/s1. The Morgan fingerprint density at radius 2 is 1.88 bits per heavy atom. The first-order valence-electron chi connectivity index (χ1n) is 9.46. The molecule has 134 valence electrons. The SMILES string of the molecule is O=C(O)[C@@H]1C[C@@H]2CCCC[C@@H]2N1CC(=O)N1CCc2ccccc2C1. The zero-order valence-electron chi connectivity index (χ0n) is 14.6. The Morgan fingerprint density at radius 3 is 2.68 bits per heavy atom. The van der Waals surface area contributed by atoms with Gasteiger partial charge in [-0.05, 0) is 42.7 Å². The molecule has 3 aliphatic rings. The number of fused-ring (bicyclic) bond motifs is 2. The van der Waals surface area contributed by atoms with E-state index in [0.717, 1.165) is 32.2 Å². The van der Waals surface area contributed by atoms with E-state index in [-0.39, 0.29) is 18.5 Å². The first-order valence-corrected chi connectivity index (χ1v) is 9.46. The summed E-state index contributed by atoms with van der Waals surface area (Å²) in [6.45, 7) is 1.63. The quantitative estimate of drug-likeness (QED) is 0.915. The Balaban J connectivity index is 1.47. The maximum atomic E-state index is 12.9. The fraction of sp³-hybridized carbons (Fsp3) is 0.600. The highest BCUT2D eigenvalue weighted by Gasteiger charge is 2.46. The van der Waals surface area contributed by atoms with Gasteiger partial charge in [0.05, 0.1) is 6.54 Å². The smallest absolute Gasteiger partial charge is 0.320 e. The van der Waals surface area contributed by atoms with E-state index in [4.69, 9.17) is 0 Å². The summed E-state index contributed by atoms with van der Waals surface area (Å²) in [7, 11) is 0. The number of likely N-dealkylation sites (tertiary alicyclic amines) is 1. The van der Waals surface area contributed by atoms with Gasteiger partial charge in [0, 0.05) is 19.1 Å². The Bertz CT molecular complexity index is 675. The van der Waals surface area contributed by atoms with Crippen molar-refractivity contribution in [1.29, 1.82) is 0 Å². The van der Waals surface area contributed by atoms with Crippen LogP contribution in [0.4, 0.5) is 0 Å². The first-order chi connectivity index (χ1) is 12.1. The molecule has 25 heavy (non-hydrogen) atoms. The van der Waals surface area contributed by atoms with Crippen LogP contribution in [0.25, 0.3) is 0 Å². The van der Waals surface area contributed by atoms with Gasteiger partial charge in [-0.1, -0.05) is 37.1 Å². The molecule has 5 nitrogen and oxygen atoms in total. The Morgan fingerprint density at radius 1 is 1.12 bits per heavy atom. The average Bonchev–Trinajstić information content (AvgIpc) is 3.00. The predicted molar refractivity (Wildman–Crippen MR) is 94.1 cm³/mol. The number of hydrogen-bond donors (Lipinski definition) is 1. The lowest BCUT2D eigenvalue weighted by Crippen LogP contribution is -2.49.